The number of halogens is 1. The molecule has 100 valence electrons. The number of hydrogen-bond acceptors (Lipinski definition) is 1. The molecule has 1 aliphatic carbocycles. The normalized spacial score (nSPS) is 15.9. The van der Waals surface area contributed by atoms with Gasteiger partial charge in [0.2, 0.25) is 0 Å². The Morgan fingerprint density at radius 3 is 2.80 bits per heavy atom. The van der Waals surface area contributed by atoms with Crippen LogP contribution in [0.1, 0.15) is 25.1 Å². The van der Waals surface area contributed by atoms with Crippen LogP contribution in [0.15, 0.2) is 42.6 Å². The second-order valence-electron chi connectivity index (χ2n) is 6.06. The van der Waals surface area contributed by atoms with Crippen molar-refractivity contribution in [2.24, 2.45) is 0 Å². The van der Waals surface area contributed by atoms with Crippen LogP contribution < -0.4 is 0 Å². The molecule has 2 aromatic heterocycles. The number of aromatic nitrogens is 2. The first-order valence-corrected chi connectivity index (χ1v) is 7.21. The molecule has 0 unspecified atom stereocenters. The van der Waals surface area contributed by atoms with Crippen LogP contribution in [0.25, 0.3) is 16.9 Å². The molecule has 0 bridgehead atoms. The predicted octanol–water partition coefficient (Wildman–Crippen LogP) is 4.49. The summed E-state index contributed by atoms with van der Waals surface area (Å²) in [5.41, 5.74) is 5.95. The number of rotatable bonds is 0. The molecular weight excluding hydrogens is 268 g/mol. The summed E-state index contributed by atoms with van der Waals surface area (Å²) >= 11 is 6.29. The predicted molar refractivity (Wildman–Crippen MR) is 82.4 cm³/mol. The highest BCUT2D eigenvalue weighted by atomic mass is 35.5. The van der Waals surface area contributed by atoms with E-state index in [-0.39, 0.29) is 5.41 Å². The Labute approximate surface area is 123 Å². The van der Waals surface area contributed by atoms with Crippen molar-refractivity contribution in [1.29, 1.82) is 0 Å². The Hall–Kier alpha value is -1.80. The Morgan fingerprint density at radius 2 is 1.95 bits per heavy atom. The average molecular weight is 283 g/mol. The summed E-state index contributed by atoms with van der Waals surface area (Å²) in [6, 6.07) is 12.5. The summed E-state index contributed by atoms with van der Waals surface area (Å²) in [7, 11) is 0. The fraction of sp³-hybridized carbons (Fsp3) is 0.235. The fourth-order valence-corrected chi connectivity index (χ4v) is 3.49. The van der Waals surface area contributed by atoms with E-state index in [0.29, 0.717) is 5.02 Å². The van der Waals surface area contributed by atoms with Gasteiger partial charge in [-0.3, -0.25) is 4.40 Å². The second kappa shape index (κ2) is 3.86. The zero-order chi connectivity index (χ0) is 13.9. The zero-order valence-electron chi connectivity index (χ0n) is 11.5. The maximum Gasteiger partial charge on any atom is 0.156 e. The van der Waals surface area contributed by atoms with Crippen molar-refractivity contribution < 1.29 is 0 Å². The first kappa shape index (κ1) is 12.0. The van der Waals surface area contributed by atoms with E-state index >= 15 is 0 Å². The topological polar surface area (TPSA) is 17.3 Å². The second-order valence-corrected chi connectivity index (χ2v) is 6.47. The van der Waals surface area contributed by atoms with E-state index in [0.717, 1.165) is 17.8 Å². The first-order valence-electron chi connectivity index (χ1n) is 6.83. The Balaban J connectivity index is 2.15. The van der Waals surface area contributed by atoms with Gasteiger partial charge >= 0.3 is 0 Å². The number of benzene rings is 1. The standard InChI is InChI=1S/C17H15ClN2/c1-17(2)10-14-15(11-6-3-4-7-12(11)17)20-9-5-8-13(18)16(20)19-14/h3-9H,10H2,1-2H3. The number of pyridine rings is 1. The van der Waals surface area contributed by atoms with Crippen molar-refractivity contribution in [3.05, 3.63) is 58.9 Å². The molecule has 0 N–H and O–H groups in total. The molecule has 0 saturated carbocycles. The Kier molecular flexibility index (Phi) is 2.31. The van der Waals surface area contributed by atoms with Crippen LogP contribution in [0.3, 0.4) is 0 Å². The minimum atomic E-state index is 0.105. The van der Waals surface area contributed by atoms with Crippen LogP contribution in [-0.4, -0.2) is 9.38 Å². The molecule has 2 nitrogen and oxygen atoms in total. The fourth-order valence-electron chi connectivity index (χ4n) is 3.28. The molecule has 0 aliphatic heterocycles. The molecule has 0 atom stereocenters. The number of nitrogens with zero attached hydrogens (tertiary/aromatic N) is 2. The highest BCUT2D eigenvalue weighted by Gasteiger charge is 2.33. The number of hydrogen-bond donors (Lipinski definition) is 0. The van der Waals surface area contributed by atoms with Gasteiger partial charge in [-0.2, -0.15) is 0 Å². The summed E-state index contributed by atoms with van der Waals surface area (Å²) in [5.74, 6) is 0. The monoisotopic (exact) mass is 282 g/mol. The van der Waals surface area contributed by atoms with Crippen LogP contribution in [-0.2, 0) is 11.8 Å². The molecular formula is C17H15ClN2. The van der Waals surface area contributed by atoms with Gasteiger partial charge in [0.25, 0.3) is 0 Å². The van der Waals surface area contributed by atoms with E-state index < -0.39 is 0 Å². The lowest BCUT2D eigenvalue weighted by molar-refractivity contribution is 0.511. The van der Waals surface area contributed by atoms with Crippen molar-refractivity contribution in [3.8, 4) is 11.3 Å². The first-order chi connectivity index (χ1) is 9.58. The lowest BCUT2D eigenvalue weighted by atomic mass is 9.73. The summed E-state index contributed by atoms with van der Waals surface area (Å²) in [5, 5.41) is 0.706. The summed E-state index contributed by atoms with van der Waals surface area (Å²) < 4.78 is 2.12. The molecule has 4 rings (SSSR count). The van der Waals surface area contributed by atoms with Gasteiger partial charge in [0.15, 0.2) is 5.65 Å². The van der Waals surface area contributed by atoms with Crippen LogP contribution in [0.4, 0.5) is 0 Å². The highest BCUT2D eigenvalue weighted by molar-refractivity contribution is 6.33. The quantitative estimate of drug-likeness (QED) is 0.594. The summed E-state index contributed by atoms with van der Waals surface area (Å²) in [6.07, 6.45) is 2.99. The SMILES string of the molecule is CC1(C)Cc2nc3c(Cl)cccn3c2-c2ccccc21. The molecule has 1 aromatic carbocycles. The highest BCUT2D eigenvalue weighted by Crippen LogP contribution is 2.43. The van der Waals surface area contributed by atoms with Crippen molar-refractivity contribution in [2.45, 2.75) is 25.7 Å². The van der Waals surface area contributed by atoms with Gasteiger partial charge < -0.3 is 0 Å². The lowest BCUT2D eigenvalue weighted by Gasteiger charge is -2.31. The molecule has 3 heteroatoms. The van der Waals surface area contributed by atoms with E-state index in [2.05, 4.69) is 42.5 Å². The van der Waals surface area contributed by atoms with Crippen molar-refractivity contribution in [1.82, 2.24) is 9.38 Å². The lowest BCUT2D eigenvalue weighted by Crippen LogP contribution is -2.25. The molecule has 0 radical (unpaired) electrons. The van der Waals surface area contributed by atoms with E-state index in [9.17, 15) is 0 Å². The summed E-state index contributed by atoms with van der Waals surface area (Å²) in [4.78, 5) is 4.78. The molecule has 0 spiro atoms. The number of imidazole rings is 1. The van der Waals surface area contributed by atoms with Gasteiger partial charge in [0, 0.05) is 18.2 Å². The molecule has 20 heavy (non-hydrogen) atoms. The van der Waals surface area contributed by atoms with Gasteiger partial charge in [0.1, 0.15) is 0 Å². The number of fused-ring (bicyclic) bond motifs is 5. The molecule has 0 saturated heterocycles. The van der Waals surface area contributed by atoms with Crippen molar-refractivity contribution >= 4 is 17.2 Å². The van der Waals surface area contributed by atoms with E-state index in [4.69, 9.17) is 16.6 Å². The zero-order valence-corrected chi connectivity index (χ0v) is 12.3. The largest absolute Gasteiger partial charge is 0.298 e. The smallest absolute Gasteiger partial charge is 0.156 e. The maximum atomic E-state index is 6.29. The average Bonchev–Trinajstić information content (AvgIpc) is 2.78. The van der Waals surface area contributed by atoms with Gasteiger partial charge in [-0.05, 0) is 23.1 Å². The Bertz CT molecular complexity index is 830. The summed E-state index contributed by atoms with van der Waals surface area (Å²) in [6.45, 7) is 4.56. The molecule has 0 fully saturated rings. The van der Waals surface area contributed by atoms with E-state index in [1.165, 1.54) is 16.8 Å². The van der Waals surface area contributed by atoms with Gasteiger partial charge in [-0.15, -0.1) is 0 Å². The molecule has 2 heterocycles. The van der Waals surface area contributed by atoms with Crippen molar-refractivity contribution in [2.75, 3.05) is 0 Å². The van der Waals surface area contributed by atoms with Gasteiger partial charge in [-0.1, -0.05) is 49.7 Å². The van der Waals surface area contributed by atoms with Gasteiger partial charge in [-0.25, -0.2) is 4.98 Å². The van der Waals surface area contributed by atoms with Crippen LogP contribution >= 0.6 is 11.6 Å². The molecule has 3 aromatic rings. The van der Waals surface area contributed by atoms with E-state index in [1.54, 1.807) is 0 Å². The third-order valence-corrected chi connectivity index (χ3v) is 4.49. The van der Waals surface area contributed by atoms with Crippen LogP contribution in [0.5, 0.6) is 0 Å². The third kappa shape index (κ3) is 1.49. The maximum absolute atomic E-state index is 6.29. The van der Waals surface area contributed by atoms with E-state index in [1.807, 2.05) is 18.3 Å². The molecule has 0 amide bonds. The van der Waals surface area contributed by atoms with Crippen LogP contribution in [0.2, 0.25) is 5.02 Å². The molecule has 1 aliphatic rings. The minimum Gasteiger partial charge on any atom is -0.298 e. The Morgan fingerprint density at radius 1 is 1.15 bits per heavy atom. The van der Waals surface area contributed by atoms with Gasteiger partial charge in [0.05, 0.1) is 16.4 Å². The van der Waals surface area contributed by atoms with Crippen LogP contribution in [0, 0.1) is 0 Å². The van der Waals surface area contributed by atoms with Crippen molar-refractivity contribution in [3.63, 3.8) is 0 Å². The minimum absolute atomic E-state index is 0.105. The third-order valence-electron chi connectivity index (χ3n) is 4.20.